The van der Waals surface area contributed by atoms with E-state index in [9.17, 15) is 0 Å². The predicted octanol–water partition coefficient (Wildman–Crippen LogP) is 3.82. The third kappa shape index (κ3) is 3.10. The second-order valence-electron chi connectivity index (χ2n) is 5.92. The van der Waals surface area contributed by atoms with E-state index < -0.39 is 0 Å². The molecule has 108 valence electrons. The molecule has 0 radical (unpaired) electrons. The van der Waals surface area contributed by atoms with Crippen LogP contribution in [0.25, 0.3) is 11.3 Å². The van der Waals surface area contributed by atoms with Crippen LogP contribution in [0.2, 0.25) is 0 Å². The number of hydrogen-bond donors (Lipinski definition) is 2. The standard InChI is InChI=1S/C17H25N3/c1-11(2)13-5-7-14(8-6-13)16-15(9-10-18)19-17(20-16)12(3)4/h5-8,11-12H,9-10,18H2,1-4H3,(H,19,20). The van der Waals surface area contributed by atoms with Crippen LogP contribution in [0.15, 0.2) is 24.3 Å². The number of hydrogen-bond acceptors (Lipinski definition) is 2. The van der Waals surface area contributed by atoms with Crippen LogP contribution in [-0.2, 0) is 6.42 Å². The number of aromatic nitrogens is 2. The van der Waals surface area contributed by atoms with E-state index in [4.69, 9.17) is 10.7 Å². The summed E-state index contributed by atoms with van der Waals surface area (Å²) >= 11 is 0. The van der Waals surface area contributed by atoms with Gasteiger partial charge in [-0.2, -0.15) is 0 Å². The number of nitrogens with zero attached hydrogens (tertiary/aromatic N) is 1. The maximum atomic E-state index is 5.71. The van der Waals surface area contributed by atoms with Crippen LogP contribution in [0, 0.1) is 0 Å². The molecule has 0 aliphatic rings. The topological polar surface area (TPSA) is 54.7 Å². The molecule has 0 amide bonds. The SMILES string of the molecule is CC(C)c1ccc(-c2nc(C(C)C)[nH]c2CCN)cc1. The van der Waals surface area contributed by atoms with Crippen LogP contribution >= 0.6 is 0 Å². The molecular weight excluding hydrogens is 246 g/mol. The van der Waals surface area contributed by atoms with Crippen molar-refractivity contribution in [1.29, 1.82) is 0 Å². The smallest absolute Gasteiger partial charge is 0.109 e. The van der Waals surface area contributed by atoms with Gasteiger partial charge >= 0.3 is 0 Å². The summed E-state index contributed by atoms with van der Waals surface area (Å²) in [6, 6.07) is 8.71. The minimum atomic E-state index is 0.398. The van der Waals surface area contributed by atoms with Crippen molar-refractivity contribution in [2.45, 2.75) is 46.0 Å². The molecule has 2 aromatic rings. The molecular formula is C17H25N3. The molecule has 3 nitrogen and oxygen atoms in total. The van der Waals surface area contributed by atoms with Gasteiger partial charge in [0.05, 0.1) is 5.69 Å². The molecule has 0 aliphatic heterocycles. The molecule has 3 heteroatoms. The van der Waals surface area contributed by atoms with Crippen LogP contribution in [0.3, 0.4) is 0 Å². The first-order valence-electron chi connectivity index (χ1n) is 7.42. The monoisotopic (exact) mass is 271 g/mol. The summed E-state index contributed by atoms with van der Waals surface area (Å²) in [5.41, 5.74) is 10.4. The fraction of sp³-hybridized carbons (Fsp3) is 0.471. The maximum Gasteiger partial charge on any atom is 0.109 e. The molecule has 2 rings (SSSR count). The first kappa shape index (κ1) is 14.8. The first-order chi connectivity index (χ1) is 9.52. The van der Waals surface area contributed by atoms with Crippen LogP contribution in [0.1, 0.15) is 56.6 Å². The van der Waals surface area contributed by atoms with E-state index in [-0.39, 0.29) is 0 Å². The van der Waals surface area contributed by atoms with Gasteiger partial charge < -0.3 is 10.7 Å². The lowest BCUT2D eigenvalue weighted by Gasteiger charge is -2.06. The van der Waals surface area contributed by atoms with Gasteiger partial charge in [-0.25, -0.2) is 4.98 Å². The third-order valence-corrected chi connectivity index (χ3v) is 3.59. The van der Waals surface area contributed by atoms with E-state index in [1.54, 1.807) is 0 Å². The number of H-pyrrole nitrogens is 1. The maximum absolute atomic E-state index is 5.71. The summed E-state index contributed by atoms with van der Waals surface area (Å²) < 4.78 is 0. The van der Waals surface area contributed by atoms with Crippen molar-refractivity contribution in [3.63, 3.8) is 0 Å². The highest BCUT2D eigenvalue weighted by Crippen LogP contribution is 2.26. The van der Waals surface area contributed by atoms with E-state index in [0.717, 1.165) is 23.6 Å². The van der Waals surface area contributed by atoms with Crippen molar-refractivity contribution in [2.24, 2.45) is 5.73 Å². The lowest BCUT2D eigenvalue weighted by molar-refractivity contribution is 0.786. The van der Waals surface area contributed by atoms with E-state index >= 15 is 0 Å². The summed E-state index contributed by atoms with van der Waals surface area (Å²) in [5.74, 6) is 1.99. The molecule has 1 heterocycles. The van der Waals surface area contributed by atoms with Crippen molar-refractivity contribution in [2.75, 3.05) is 6.54 Å². The van der Waals surface area contributed by atoms with Gasteiger partial charge in [-0.1, -0.05) is 52.0 Å². The van der Waals surface area contributed by atoms with E-state index in [2.05, 4.69) is 56.9 Å². The fourth-order valence-corrected chi connectivity index (χ4v) is 2.29. The highest BCUT2D eigenvalue weighted by molar-refractivity contribution is 5.62. The Hall–Kier alpha value is -1.61. The van der Waals surface area contributed by atoms with Crippen LogP contribution in [0.5, 0.6) is 0 Å². The Balaban J connectivity index is 2.39. The third-order valence-electron chi connectivity index (χ3n) is 3.59. The van der Waals surface area contributed by atoms with Crippen molar-refractivity contribution >= 4 is 0 Å². The number of aromatic amines is 1. The molecule has 1 aromatic carbocycles. The Morgan fingerprint density at radius 3 is 2.20 bits per heavy atom. The Kier molecular flexibility index (Phi) is 4.61. The number of benzene rings is 1. The van der Waals surface area contributed by atoms with Crippen molar-refractivity contribution < 1.29 is 0 Å². The first-order valence-corrected chi connectivity index (χ1v) is 7.42. The summed E-state index contributed by atoms with van der Waals surface area (Å²) in [7, 11) is 0. The van der Waals surface area contributed by atoms with Gasteiger partial charge in [-0.05, 0) is 18.0 Å². The largest absolute Gasteiger partial charge is 0.345 e. The van der Waals surface area contributed by atoms with Crippen LogP contribution in [0.4, 0.5) is 0 Å². The van der Waals surface area contributed by atoms with Crippen LogP contribution < -0.4 is 5.73 Å². The molecule has 0 fully saturated rings. The molecule has 0 unspecified atom stereocenters. The Morgan fingerprint density at radius 1 is 1.05 bits per heavy atom. The zero-order valence-electron chi connectivity index (χ0n) is 12.9. The zero-order chi connectivity index (χ0) is 14.7. The summed E-state index contributed by atoms with van der Waals surface area (Å²) in [6.07, 6.45) is 0.834. The number of nitrogens with two attached hydrogens (primary N) is 1. The second kappa shape index (κ2) is 6.23. The molecule has 0 bridgehead atoms. The number of imidazole rings is 1. The highest BCUT2D eigenvalue weighted by atomic mass is 14.9. The minimum absolute atomic E-state index is 0.398. The Bertz CT molecular complexity index is 550. The molecule has 0 saturated carbocycles. The number of rotatable bonds is 5. The average molecular weight is 271 g/mol. The van der Waals surface area contributed by atoms with Gasteiger partial charge in [0.15, 0.2) is 0 Å². The fourth-order valence-electron chi connectivity index (χ4n) is 2.29. The molecule has 0 saturated heterocycles. The van der Waals surface area contributed by atoms with Gasteiger partial charge in [0.1, 0.15) is 5.82 Å². The highest BCUT2D eigenvalue weighted by Gasteiger charge is 2.13. The van der Waals surface area contributed by atoms with Crippen LogP contribution in [-0.4, -0.2) is 16.5 Å². The predicted molar refractivity (Wildman–Crippen MR) is 85.0 cm³/mol. The summed E-state index contributed by atoms with van der Waals surface area (Å²) in [5, 5.41) is 0. The van der Waals surface area contributed by atoms with Crippen molar-refractivity contribution in [1.82, 2.24) is 9.97 Å². The van der Waals surface area contributed by atoms with Crippen molar-refractivity contribution in [3.05, 3.63) is 41.3 Å². The second-order valence-corrected chi connectivity index (χ2v) is 5.92. The number of nitrogens with one attached hydrogen (secondary N) is 1. The van der Waals surface area contributed by atoms with Gasteiger partial charge in [-0.3, -0.25) is 0 Å². The molecule has 0 aliphatic carbocycles. The lowest BCUT2D eigenvalue weighted by Crippen LogP contribution is -2.04. The summed E-state index contributed by atoms with van der Waals surface area (Å²) in [6.45, 7) is 9.35. The van der Waals surface area contributed by atoms with Crippen molar-refractivity contribution in [3.8, 4) is 11.3 Å². The molecule has 0 spiro atoms. The molecule has 3 N–H and O–H groups in total. The Morgan fingerprint density at radius 2 is 1.70 bits per heavy atom. The zero-order valence-corrected chi connectivity index (χ0v) is 12.9. The lowest BCUT2D eigenvalue weighted by atomic mass is 10.00. The normalized spacial score (nSPS) is 11.6. The summed E-state index contributed by atoms with van der Waals surface area (Å²) in [4.78, 5) is 8.19. The van der Waals surface area contributed by atoms with Gasteiger partial charge in [-0.15, -0.1) is 0 Å². The van der Waals surface area contributed by atoms with E-state index in [1.807, 2.05) is 0 Å². The van der Waals surface area contributed by atoms with Gasteiger partial charge in [0.25, 0.3) is 0 Å². The van der Waals surface area contributed by atoms with Gasteiger partial charge in [0.2, 0.25) is 0 Å². The Labute approximate surface area is 121 Å². The molecule has 20 heavy (non-hydrogen) atoms. The molecule has 0 atom stereocenters. The van der Waals surface area contributed by atoms with E-state index in [1.165, 1.54) is 11.1 Å². The quantitative estimate of drug-likeness (QED) is 0.868. The average Bonchev–Trinajstić information content (AvgIpc) is 2.83. The molecule has 1 aromatic heterocycles. The minimum Gasteiger partial charge on any atom is -0.345 e. The van der Waals surface area contributed by atoms with Gasteiger partial charge in [0, 0.05) is 23.6 Å². The van der Waals surface area contributed by atoms with E-state index in [0.29, 0.717) is 18.4 Å².